The smallest absolute Gasteiger partial charge is 0.179 e. The van der Waals surface area contributed by atoms with Crippen molar-refractivity contribution in [2.24, 2.45) is 10.8 Å². The maximum atomic E-state index is 13.8. The van der Waals surface area contributed by atoms with E-state index in [0.717, 1.165) is 48.8 Å². The Morgan fingerprint density at radius 2 is 1.00 bits per heavy atom. The van der Waals surface area contributed by atoms with Crippen LogP contribution in [0.25, 0.3) is 0 Å². The molecule has 0 saturated carbocycles. The van der Waals surface area contributed by atoms with Crippen molar-refractivity contribution in [3.05, 3.63) is 125 Å². The maximum absolute atomic E-state index is 13.8. The largest absolute Gasteiger partial charge is 0.491 e. The van der Waals surface area contributed by atoms with Crippen molar-refractivity contribution >= 4 is 19.7 Å². The van der Waals surface area contributed by atoms with Crippen molar-refractivity contribution in [3.63, 3.8) is 0 Å². The molecule has 0 aromatic heterocycles. The fourth-order valence-electron chi connectivity index (χ4n) is 9.48. The molecule has 346 valence electrons. The number of aliphatic hydroxyl groups excluding tert-OH is 2. The van der Waals surface area contributed by atoms with Crippen LogP contribution in [0.3, 0.4) is 0 Å². The van der Waals surface area contributed by atoms with E-state index >= 15 is 0 Å². The average Bonchev–Trinajstić information content (AvgIpc) is 3.42. The summed E-state index contributed by atoms with van der Waals surface area (Å²) in [5, 5.41) is 23.4. The molecule has 4 aromatic carbocycles. The molecule has 0 unspecified atom stereocenters. The molecule has 0 saturated heterocycles. The quantitative estimate of drug-likeness (QED) is 0.0824. The zero-order valence-corrected chi connectivity index (χ0v) is 39.5. The number of hydrogen-bond acceptors (Lipinski definition) is 10. The van der Waals surface area contributed by atoms with E-state index in [1.54, 1.807) is 37.4 Å². The monoisotopic (exact) mass is 906 g/mol. The zero-order valence-electron chi connectivity index (χ0n) is 37.9. The van der Waals surface area contributed by atoms with Crippen LogP contribution in [0.1, 0.15) is 113 Å². The number of benzene rings is 4. The van der Waals surface area contributed by atoms with E-state index in [1.165, 1.54) is 0 Å². The van der Waals surface area contributed by atoms with Gasteiger partial charge in [0.1, 0.15) is 12.4 Å². The Bertz CT molecular complexity index is 2220. The minimum absolute atomic E-state index is 0.0119. The number of unbranched alkanes of at least 4 members (excludes halogenated alkanes) is 2. The van der Waals surface area contributed by atoms with E-state index < -0.39 is 48.6 Å². The first-order valence-electron chi connectivity index (χ1n) is 22.7. The van der Waals surface area contributed by atoms with Crippen molar-refractivity contribution < 1.29 is 46.0 Å². The molecule has 2 N–H and O–H groups in total. The van der Waals surface area contributed by atoms with Crippen LogP contribution in [0.2, 0.25) is 0 Å². The van der Waals surface area contributed by atoms with Gasteiger partial charge in [0.25, 0.3) is 0 Å². The molecule has 2 aliphatic rings. The number of hydrogen-bond donors (Lipinski definition) is 2. The summed E-state index contributed by atoms with van der Waals surface area (Å²) in [6.07, 6.45) is 4.75. The Labute approximate surface area is 377 Å². The predicted molar refractivity (Wildman–Crippen MR) is 249 cm³/mol. The van der Waals surface area contributed by atoms with E-state index in [0.29, 0.717) is 68.5 Å². The third kappa shape index (κ3) is 12.2. The van der Waals surface area contributed by atoms with Crippen molar-refractivity contribution in [1.29, 1.82) is 0 Å². The number of aliphatic hydroxyl groups is 2. The highest BCUT2D eigenvalue weighted by atomic mass is 32.2. The van der Waals surface area contributed by atoms with Gasteiger partial charge in [-0.3, -0.25) is 0 Å². The Morgan fingerprint density at radius 3 is 1.49 bits per heavy atom. The summed E-state index contributed by atoms with van der Waals surface area (Å²) in [4.78, 5) is 0.622. The molecule has 0 spiro atoms. The lowest BCUT2D eigenvalue weighted by molar-refractivity contribution is 0.0172. The summed E-state index contributed by atoms with van der Waals surface area (Å²) in [5.74, 6) is -0.370. The summed E-state index contributed by atoms with van der Waals surface area (Å²) < 4.78 is 75.8. The second-order valence-electron chi connectivity index (χ2n) is 17.1. The molecular formula is C51H70O10S2. The van der Waals surface area contributed by atoms with Crippen LogP contribution in [0.5, 0.6) is 5.75 Å². The first kappa shape index (κ1) is 50.4. The summed E-state index contributed by atoms with van der Waals surface area (Å²) in [5.41, 5.74) is 1.87. The molecule has 10 nitrogen and oxygen atoms in total. The number of methoxy groups -OCH3 is 1. The molecule has 12 heteroatoms. The first-order valence-corrected chi connectivity index (χ1v) is 26.1. The lowest BCUT2D eigenvalue weighted by atomic mass is 9.69. The normalized spacial score (nSPS) is 24.7. The summed E-state index contributed by atoms with van der Waals surface area (Å²) in [7, 11) is -5.51. The van der Waals surface area contributed by atoms with Gasteiger partial charge in [0.15, 0.2) is 19.7 Å². The lowest BCUT2D eigenvalue weighted by Gasteiger charge is -2.39. The molecule has 0 radical (unpaired) electrons. The van der Waals surface area contributed by atoms with Crippen LogP contribution < -0.4 is 4.74 Å². The topological polar surface area (TPSA) is 146 Å². The second-order valence-corrected chi connectivity index (χ2v) is 21.0. The van der Waals surface area contributed by atoms with Crippen LogP contribution in [-0.4, -0.2) is 97.5 Å². The van der Waals surface area contributed by atoms with Gasteiger partial charge >= 0.3 is 0 Å². The van der Waals surface area contributed by atoms with Crippen LogP contribution in [0, 0.1) is 10.8 Å². The Balaban J connectivity index is 0.000000252. The van der Waals surface area contributed by atoms with E-state index in [2.05, 4.69) is 13.8 Å². The molecule has 2 heterocycles. The van der Waals surface area contributed by atoms with Gasteiger partial charge in [0.05, 0.1) is 66.5 Å². The number of fused-ring (bicyclic) bond motifs is 2. The molecule has 6 atom stereocenters. The van der Waals surface area contributed by atoms with Crippen molar-refractivity contribution in [1.82, 2.24) is 0 Å². The van der Waals surface area contributed by atoms with Crippen molar-refractivity contribution in [2.75, 3.05) is 58.3 Å². The third-order valence-electron chi connectivity index (χ3n) is 13.2. The molecule has 4 aromatic rings. The van der Waals surface area contributed by atoms with Gasteiger partial charge in [0.2, 0.25) is 0 Å². The standard InChI is InChI=1S/C29H42O7S.C22H28O3S/c1-4-6-14-29(5-2)22-37(31,32)26-21-24(36-20-19-35-18-17-34-16-15-33-3)12-13-25(26)27(28(29)30)23-10-8-7-9-11-23;1-3-5-15-22(4-2)16-26(24,25)19-14-10-9-13-18(19)20(21(22)23)17-11-7-6-8-12-17/h7-13,21,27-28,30H,4-6,14-20,22H2,1-3H3;6-14,20-21,23H,3-5,15-16H2,1-2H3/t27-,28+,29-;20-,21+,22-/m11/s1. The highest BCUT2D eigenvalue weighted by molar-refractivity contribution is 7.91. The van der Waals surface area contributed by atoms with Crippen LogP contribution >= 0.6 is 0 Å². The van der Waals surface area contributed by atoms with Gasteiger partial charge in [-0.05, 0) is 66.1 Å². The van der Waals surface area contributed by atoms with Crippen molar-refractivity contribution in [3.8, 4) is 5.75 Å². The van der Waals surface area contributed by atoms with Crippen molar-refractivity contribution in [2.45, 2.75) is 113 Å². The van der Waals surface area contributed by atoms with Gasteiger partial charge in [-0.15, -0.1) is 0 Å². The van der Waals surface area contributed by atoms with E-state index in [1.807, 2.05) is 86.6 Å². The summed E-state index contributed by atoms with van der Waals surface area (Å²) in [6, 6.07) is 31.9. The third-order valence-corrected chi connectivity index (χ3v) is 17.1. The fraction of sp³-hybridized carbons (Fsp3) is 0.529. The van der Waals surface area contributed by atoms with Crippen LogP contribution in [0.15, 0.2) is 113 Å². The Morgan fingerprint density at radius 1 is 0.556 bits per heavy atom. The number of ether oxygens (including phenoxy) is 4. The second kappa shape index (κ2) is 23.5. The average molecular weight is 907 g/mol. The fourth-order valence-corrected chi connectivity index (χ4v) is 14.0. The highest BCUT2D eigenvalue weighted by Crippen LogP contribution is 2.50. The van der Waals surface area contributed by atoms with E-state index in [9.17, 15) is 27.0 Å². The molecule has 0 bridgehead atoms. The van der Waals surface area contributed by atoms with Gasteiger partial charge in [-0.1, -0.05) is 138 Å². The molecule has 6 rings (SSSR count). The molecular weight excluding hydrogens is 837 g/mol. The molecule has 2 aliphatic heterocycles. The zero-order chi connectivity index (χ0) is 45.5. The maximum Gasteiger partial charge on any atom is 0.179 e. The van der Waals surface area contributed by atoms with Crippen LogP contribution in [0.4, 0.5) is 0 Å². The highest BCUT2D eigenvalue weighted by Gasteiger charge is 2.50. The van der Waals surface area contributed by atoms with E-state index in [4.69, 9.17) is 18.9 Å². The predicted octanol–water partition coefficient (Wildman–Crippen LogP) is 9.17. The minimum atomic E-state index is -3.67. The number of rotatable bonds is 20. The molecule has 63 heavy (non-hydrogen) atoms. The van der Waals surface area contributed by atoms with E-state index in [-0.39, 0.29) is 28.9 Å². The van der Waals surface area contributed by atoms with Crippen LogP contribution in [-0.2, 0) is 33.9 Å². The summed E-state index contributed by atoms with van der Waals surface area (Å²) >= 11 is 0. The molecule has 0 aliphatic carbocycles. The number of sulfone groups is 2. The Kier molecular flexibility index (Phi) is 18.8. The minimum Gasteiger partial charge on any atom is -0.491 e. The van der Waals surface area contributed by atoms with Gasteiger partial charge < -0.3 is 29.2 Å². The molecule has 0 fully saturated rings. The summed E-state index contributed by atoms with van der Waals surface area (Å²) in [6.45, 7) is 10.8. The SMILES string of the molecule is CCCC[C@]1(CC)CS(=O)(=O)c2cc(OCCOCCOCCOC)ccc2[C@@H](c2ccccc2)[C@@H]1O.CCCC[C@]1(CC)CS(=O)(=O)c2ccccc2[C@@H](c2ccccc2)[C@@H]1O. The van der Waals surface area contributed by atoms with Gasteiger partial charge in [-0.25, -0.2) is 16.8 Å². The van der Waals surface area contributed by atoms with Gasteiger partial charge in [-0.2, -0.15) is 0 Å². The van der Waals surface area contributed by atoms with Gasteiger partial charge in [0, 0.05) is 29.8 Å². The Hall–Kier alpha value is -3.62. The lowest BCUT2D eigenvalue weighted by Crippen LogP contribution is -2.42. The first-order chi connectivity index (χ1) is 30.3. The molecule has 0 amide bonds.